The summed E-state index contributed by atoms with van der Waals surface area (Å²) in [5.74, 6) is -0.462. The highest BCUT2D eigenvalue weighted by molar-refractivity contribution is 5.94. The number of nitrogens with zero attached hydrogens (tertiary/aromatic N) is 1. The quantitative estimate of drug-likeness (QED) is 0.766. The average molecular weight is 249 g/mol. The maximum Gasteiger partial charge on any atom is 0.248 e. The lowest BCUT2D eigenvalue weighted by molar-refractivity contribution is -0.0276. The molecule has 1 saturated heterocycles. The second-order valence-electron chi connectivity index (χ2n) is 5.17. The zero-order valence-electron chi connectivity index (χ0n) is 10.8. The number of amides is 1. The summed E-state index contributed by atoms with van der Waals surface area (Å²) in [4.78, 5) is 13.2. The Morgan fingerprint density at radius 3 is 2.72 bits per heavy atom. The van der Waals surface area contributed by atoms with E-state index in [1.807, 2.05) is 19.9 Å². The lowest BCUT2D eigenvalue weighted by atomic mass is 10.1. The van der Waals surface area contributed by atoms with Gasteiger partial charge in [0.05, 0.1) is 23.6 Å². The van der Waals surface area contributed by atoms with E-state index in [1.165, 1.54) is 0 Å². The lowest BCUT2D eigenvalue weighted by Crippen LogP contribution is -2.48. The summed E-state index contributed by atoms with van der Waals surface area (Å²) < 4.78 is 5.66. The summed E-state index contributed by atoms with van der Waals surface area (Å²) >= 11 is 0. The van der Waals surface area contributed by atoms with Crippen molar-refractivity contribution in [1.82, 2.24) is 0 Å². The number of morpholine rings is 1. The maximum absolute atomic E-state index is 11.1. The summed E-state index contributed by atoms with van der Waals surface area (Å²) in [6.07, 6.45) is 0. The molecule has 1 heterocycles. The van der Waals surface area contributed by atoms with E-state index in [1.54, 1.807) is 12.1 Å². The first kappa shape index (κ1) is 12.7. The normalized spacial score (nSPS) is 18.7. The Hall–Kier alpha value is -1.75. The van der Waals surface area contributed by atoms with E-state index in [0.717, 1.165) is 18.8 Å². The highest BCUT2D eigenvalue weighted by Crippen LogP contribution is 2.28. The van der Waals surface area contributed by atoms with Crippen LogP contribution in [0, 0.1) is 0 Å². The number of primary amides is 1. The van der Waals surface area contributed by atoms with Crippen LogP contribution >= 0.6 is 0 Å². The van der Waals surface area contributed by atoms with E-state index in [2.05, 4.69) is 4.90 Å². The van der Waals surface area contributed by atoms with E-state index in [9.17, 15) is 4.79 Å². The highest BCUT2D eigenvalue weighted by Gasteiger charge is 2.28. The van der Waals surface area contributed by atoms with Gasteiger partial charge in [0.25, 0.3) is 0 Å². The van der Waals surface area contributed by atoms with Crippen molar-refractivity contribution >= 4 is 17.3 Å². The zero-order valence-corrected chi connectivity index (χ0v) is 10.8. The number of ether oxygens (including phenoxy) is 1. The van der Waals surface area contributed by atoms with Crippen LogP contribution in [0.1, 0.15) is 24.2 Å². The monoisotopic (exact) mass is 249 g/mol. The summed E-state index contributed by atoms with van der Waals surface area (Å²) in [6, 6.07) is 5.17. The molecule has 1 aromatic rings. The van der Waals surface area contributed by atoms with Gasteiger partial charge in [-0.25, -0.2) is 0 Å². The predicted octanol–water partition coefficient (Wildman–Crippen LogP) is 0.983. The van der Waals surface area contributed by atoms with E-state index >= 15 is 0 Å². The molecule has 4 N–H and O–H groups in total. The Morgan fingerprint density at radius 2 is 2.17 bits per heavy atom. The van der Waals surface area contributed by atoms with Gasteiger partial charge in [-0.15, -0.1) is 0 Å². The SMILES string of the molecule is CC1(C)CN(c2ccc(C(N)=O)cc2N)CCO1. The Balaban J connectivity index is 2.26. The molecule has 0 unspecified atom stereocenters. The minimum atomic E-state index is -0.462. The van der Waals surface area contributed by atoms with Gasteiger partial charge in [-0.1, -0.05) is 0 Å². The van der Waals surface area contributed by atoms with E-state index in [-0.39, 0.29) is 5.60 Å². The molecule has 18 heavy (non-hydrogen) atoms. The predicted molar refractivity (Wildman–Crippen MR) is 71.6 cm³/mol. The first-order valence-corrected chi connectivity index (χ1v) is 5.97. The van der Waals surface area contributed by atoms with Gasteiger partial charge in [0.2, 0.25) is 5.91 Å². The van der Waals surface area contributed by atoms with Gasteiger partial charge < -0.3 is 21.1 Å². The number of hydrogen-bond donors (Lipinski definition) is 2. The molecule has 5 nitrogen and oxygen atoms in total. The molecule has 0 bridgehead atoms. The lowest BCUT2D eigenvalue weighted by Gasteiger charge is -2.39. The minimum Gasteiger partial charge on any atom is -0.397 e. The Kier molecular flexibility index (Phi) is 3.17. The van der Waals surface area contributed by atoms with E-state index in [4.69, 9.17) is 16.2 Å². The summed E-state index contributed by atoms with van der Waals surface area (Å²) in [5.41, 5.74) is 13.0. The van der Waals surface area contributed by atoms with Crippen molar-refractivity contribution in [3.05, 3.63) is 23.8 Å². The van der Waals surface area contributed by atoms with Gasteiger partial charge in [0.1, 0.15) is 0 Å². The molecular formula is C13H19N3O2. The first-order chi connectivity index (χ1) is 8.39. The van der Waals surface area contributed by atoms with Crippen LogP contribution in [-0.4, -0.2) is 31.2 Å². The van der Waals surface area contributed by atoms with Crippen LogP contribution in [0.2, 0.25) is 0 Å². The van der Waals surface area contributed by atoms with Crippen LogP contribution in [0.25, 0.3) is 0 Å². The van der Waals surface area contributed by atoms with E-state index in [0.29, 0.717) is 17.9 Å². The van der Waals surface area contributed by atoms with Crippen LogP contribution in [0.5, 0.6) is 0 Å². The average Bonchev–Trinajstić information content (AvgIpc) is 2.27. The fourth-order valence-corrected chi connectivity index (χ4v) is 2.22. The van der Waals surface area contributed by atoms with Crippen molar-refractivity contribution in [2.75, 3.05) is 30.3 Å². The molecule has 0 spiro atoms. The third-order valence-electron chi connectivity index (χ3n) is 3.08. The van der Waals surface area contributed by atoms with Gasteiger partial charge in [0, 0.05) is 18.7 Å². The Labute approximate surface area is 107 Å². The summed E-state index contributed by atoms with van der Waals surface area (Å²) in [7, 11) is 0. The molecule has 1 aliphatic heterocycles. The smallest absolute Gasteiger partial charge is 0.248 e. The second kappa shape index (κ2) is 4.49. The highest BCUT2D eigenvalue weighted by atomic mass is 16.5. The molecule has 0 radical (unpaired) electrons. The zero-order chi connectivity index (χ0) is 13.3. The maximum atomic E-state index is 11.1. The standard InChI is InChI=1S/C13H19N3O2/c1-13(2)8-16(5-6-18-13)11-4-3-9(12(15)17)7-10(11)14/h3-4,7H,5-6,8,14H2,1-2H3,(H2,15,17). The molecule has 98 valence electrons. The number of rotatable bonds is 2. The number of benzene rings is 1. The molecule has 1 fully saturated rings. The van der Waals surface area contributed by atoms with Crippen LogP contribution in [0.3, 0.4) is 0 Å². The number of carbonyl (C=O) groups is 1. The fraction of sp³-hybridized carbons (Fsp3) is 0.462. The van der Waals surface area contributed by atoms with Crippen LogP contribution in [0.4, 0.5) is 11.4 Å². The Morgan fingerprint density at radius 1 is 1.44 bits per heavy atom. The van der Waals surface area contributed by atoms with Gasteiger partial charge in [-0.2, -0.15) is 0 Å². The molecule has 0 aromatic heterocycles. The van der Waals surface area contributed by atoms with Crippen molar-refractivity contribution in [2.24, 2.45) is 5.73 Å². The van der Waals surface area contributed by atoms with Gasteiger partial charge in [-0.3, -0.25) is 4.79 Å². The molecule has 0 saturated carbocycles. The molecule has 2 rings (SSSR count). The molecule has 0 aliphatic carbocycles. The third kappa shape index (κ3) is 2.56. The van der Waals surface area contributed by atoms with Crippen LogP contribution in [-0.2, 0) is 4.74 Å². The topological polar surface area (TPSA) is 81.6 Å². The van der Waals surface area contributed by atoms with Crippen LogP contribution < -0.4 is 16.4 Å². The number of nitrogens with two attached hydrogens (primary N) is 2. The van der Waals surface area contributed by atoms with Crippen molar-refractivity contribution < 1.29 is 9.53 Å². The largest absolute Gasteiger partial charge is 0.397 e. The van der Waals surface area contributed by atoms with Crippen molar-refractivity contribution in [2.45, 2.75) is 19.4 Å². The number of anilines is 2. The number of carbonyl (C=O) groups excluding carboxylic acids is 1. The van der Waals surface area contributed by atoms with Crippen molar-refractivity contribution in [1.29, 1.82) is 0 Å². The van der Waals surface area contributed by atoms with Crippen molar-refractivity contribution in [3.8, 4) is 0 Å². The van der Waals surface area contributed by atoms with E-state index < -0.39 is 5.91 Å². The molecule has 1 aliphatic rings. The van der Waals surface area contributed by atoms with Gasteiger partial charge >= 0.3 is 0 Å². The molecule has 1 amide bonds. The molecule has 5 heteroatoms. The molecule has 0 atom stereocenters. The van der Waals surface area contributed by atoms with Crippen LogP contribution in [0.15, 0.2) is 18.2 Å². The van der Waals surface area contributed by atoms with Crippen molar-refractivity contribution in [3.63, 3.8) is 0 Å². The summed E-state index contributed by atoms with van der Waals surface area (Å²) in [6.45, 7) is 6.33. The molecular weight excluding hydrogens is 230 g/mol. The first-order valence-electron chi connectivity index (χ1n) is 5.97. The number of nitrogen functional groups attached to an aromatic ring is 1. The number of hydrogen-bond acceptors (Lipinski definition) is 4. The summed E-state index contributed by atoms with van der Waals surface area (Å²) in [5, 5.41) is 0. The van der Waals surface area contributed by atoms with Gasteiger partial charge in [0.15, 0.2) is 0 Å². The molecule has 1 aromatic carbocycles. The third-order valence-corrected chi connectivity index (χ3v) is 3.08. The minimum absolute atomic E-state index is 0.187. The Bertz CT molecular complexity index is 471. The fourth-order valence-electron chi connectivity index (χ4n) is 2.22. The van der Waals surface area contributed by atoms with Gasteiger partial charge in [-0.05, 0) is 32.0 Å². The second-order valence-corrected chi connectivity index (χ2v) is 5.17.